The van der Waals surface area contributed by atoms with Gasteiger partial charge in [-0.3, -0.25) is 9.52 Å². The van der Waals surface area contributed by atoms with E-state index >= 15 is 0 Å². The van der Waals surface area contributed by atoms with Crippen molar-refractivity contribution in [3.63, 3.8) is 0 Å². The van der Waals surface area contributed by atoms with E-state index < -0.39 is 28.7 Å². The second kappa shape index (κ2) is 9.31. The molecule has 6 nitrogen and oxygen atoms in total. The van der Waals surface area contributed by atoms with Crippen LogP contribution in [0.5, 0.6) is 0 Å². The molecule has 0 unspecified atom stereocenters. The molecule has 0 saturated carbocycles. The normalized spacial score (nSPS) is 11.6. The Hall–Kier alpha value is -3.53. The number of alkyl halides is 3. The van der Waals surface area contributed by atoms with Gasteiger partial charge in [-0.15, -0.1) is 0 Å². The van der Waals surface area contributed by atoms with Crippen LogP contribution in [0.3, 0.4) is 0 Å². The number of hydrogen-bond acceptors (Lipinski definition) is 4. The summed E-state index contributed by atoms with van der Waals surface area (Å²) >= 11 is 0. The van der Waals surface area contributed by atoms with E-state index in [0.717, 1.165) is 5.56 Å². The minimum Gasteiger partial charge on any atom is -0.375 e. The zero-order valence-electron chi connectivity index (χ0n) is 16.9. The summed E-state index contributed by atoms with van der Waals surface area (Å²) < 4.78 is 65.5. The highest BCUT2D eigenvalue weighted by Crippen LogP contribution is 2.25. The van der Waals surface area contributed by atoms with Crippen LogP contribution in [0.15, 0.2) is 77.7 Å². The van der Waals surface area contributed by atoms with Crippen LogP contribution >= 0.6 is 0 Å². The molecule has 32 heavy (non-hydrogen) atoms. The van der Waals surface area contributed by atoms with Crippen molar-refractivity contribution in [3.05, 3.63) is 83.9 Å². The maximum atomic E-state index is 12.7. The van der Waals surface area contributed by atoms with Crippen molar-refractivity contribution < 1.29 is 26.4 Å². The molecule has 168 valence electrons. The Bertz CT molecular complexity index is 1230. The first kappa shape index (κ1) is 23.1. The van der Waals surface area contributed by atoms with Crippen molar-refractivity contribution in [3.8, 4) is 0 Å². The highest BCUT2D eigenvalue weighted by Gasteiger charge is 2.27. The van der Waals surface area contributed by atoms with Gasteiger partial charge in [-0.05, 0) is 55.0 Å². The number of anilines is 3. The first-order chi connectivity index (χ1) is 15.0. The number of aryl methyl sites for hydroxylation is 1. The fourth-order valence-corrected chi connectivity index (χ4v) is 3.96. The van der Waals surface area contributed by atoms with Crippen LogP contribution in [0.25, 0.3) is 0 Å². The van der Waals surface area contributed by atoms with Gasteiger partial charge in [0.15, 0.2) is 0 Å². The van der Waals surface area contributed by atoms with Gasteiger partial charge >= 0.3 is 6.18 Å². The summed E-state index contributed by atoms with van der Waals surface area (Å²) in [5, 5.41) is 4.75. The van der Waals surface area contributed by atoms with E-state index in [1.165, 1.54) is 42.5 Å². The molecule has 0 aliphatic carbocycles. The molecule has 0 heterocycles. The van der Waals surface area contributed by atoms with E-state index in [4.69, 9.17) is 0 Å². The van der Waals surface area contributed by atoms with Gasteiger partial charge in [0.2, 0.25) is 0 Å². The Balaban J connectivity index is 1.79. The molecule has 0 aliphatic heterocycles. The number of benzene rings is 3. The second-order valence-corrected chi connectivity index (χ2v) is 8.65. The molecular weight excluding hydrogens is 443 g/mol. The number of carbonyl (C=O) groups excluding carboxylic acids is 1. The third-order valence-corrected chi connectivity index (χ3v) is 5.71. The quantitative estimate of drug-likeness (QED) is 0.459. The number of sulfonamides is 1. The van der Waals surface area contributed by atoms with E-state index in [0.29, 0.717) is 5.69 Å². The van der Waals surface area contributed by atoms with E-state index in [2.05, 4.69) is 15.4 Å². The summed E-state index contributed by atoms with van der Waals surface area (Å²) in [6, 6.07) is 18.1. The number of nitrogens with one attached hydrogen (secondary N) is 3. The zero-order valence-corrected chi connectivity index (χ0v) is 17.7. The smallest absolute Gasteiger partial charge is 0.375 e. The fraction of sp³-hybridized carbons (Fsp3) is 0.136. The topological polar surface area (TPSA) is 87.3 Å². The van der Waals surface area contributed by atoms with Crippen LogP contribution in [-0.2, 0) is 10.0 Å². The average Bonchev–Trinajstić information content (AvgIpc) is 2.72. The first-order valence-corrected chi connectivity index (χ1v) is 10.9. The summed E-state index contributed by atoms with van der Waals surface area (Å²) in [4.78, 5) is 12.5. The first-order valence-electron chi connectivity index (χ1n) is 9.44. The lowest BCUT2D eigenvalue weighted by Crippen LogP contribution is -2.22. The number of para-hydroxylation sites is 2. The highest BCUT2D eigenvalue weighted by atomic mass is 32.2. The third-order valence-electron chi connectivity index (χ3n) is 4.33. The van der Waals surface area contributed by atoms with Gasteiger partial charge in [-0.2, -0.15) is 13.2 Å². The van der Waals surface area contributed by atoms with Gasteiger partial charge in [0, 0.05) is 11.3 Å². The SMILES string of the molecule is Cc1cccc(NS(=O)(=O)c2cccc(C(=O)Nc3ccccc3NCC(F)(F)F)c2)c1. The summed E-state index contributed by atoms with van der Waals surface area (Å²) in [5.74, 6) is -0.668. The van der Waals surface area contributed by atoms with Crippen LogP contribution in [0.4, 0.5) is 30.2 Å². The average molecular weight is 463 g/mol. The maximum absolute atomic E-state index is 12.7. The Morgan fingerprint density at radius 2 is 1.59 bits per heavy atom. The molecule has 0 fully saturated rings. The highest BCUT2D eigenvalue weighted by molar-refractivity contribution is 7.92. The monoisotopic (exact) mass is 463 g/mol. The van der Waals surface area contributed by atoms with Crippen molar-refractivity contribution in [2.75, 3.05) is 21.9 Å². The Kier molecular flexibility index (Phi) is 6.73. The molecule has 3 aromatic carbocycles. The Morgan fingerprint density at radius 3 is 2.28 bits per heavy atom. The number of hydrogen-bond donors (Lipinski definition) is 3. The van der Waals surface area contributed by atoms with Gasteiger partial charge < -0.3 is 10.6 Å². The van der Waals surface area contributed by atoms with E-state index in [1.807, 2.05) is 13.0 Å². The van der Waals surface area contributed by atoms with Crippen LogP contribution in [-0.4, -0.2) is 27.0 Å². The molecule has 0 atom stereocenters. The Morgan fingerprint density at radius 1 is 0.906 bits per heavy atom. The van der Waals surface area contributed by atoms with Gasteiger partial charge in [0.05, 0.1) is 16.3 Å². The lowest BCUT2D eigenvalue weighted by atomic mass is 10.2. The van der Waals surface area contributed by atoms with Gasteiger partial charge in [-0.25, -0.2) is 8.42 Å². The van der Waals surface area contributed by atoms with Crippen molar-refractivity contribution >= 4 is 33.0 Å². The summed E-state index contributed by atoms with van der Waals surface area (Å²) in [6.45, 7) is 0.558. The molecule has 3 rings (SSSR count). The van der Waals surface area contributed by atoms with Crippen molar-refractivity contribution in [1.29, 1.82) is 0 Å². The standard InChI is InChI=1S/C22H20F3N3O3S/c1-15-6-4-8-17(12-15)28-32(30,31)18-9-5-7-16(13-18)21(29)27-20-11-3-2-10-19(20)26-14-22(23,24)25/h2-13,26,28H,14H2,1H3,(H,27,29). The summed E-state index contributed by atoms with van der Waals surface area (Å²) in [5.41, 5.74) is 1.50. The van der Waals surface area contributed by atoms with Crippen molar-refractivity contribution in [2.24, 2.45) is 0 Å². The van der Waals surface area contributed by atoms with Crippen LogP contribution < -0.4 is 15.4 Å². The van der Waals surface area contributed by atoms with Gasteiger partial charge in [0.1, 0.15) is 6.54 Å². The molecule has 0 spiro atoms. The molecule has 0 radical (unpaired) electrons. The predicted octanol–water partition coefficient (Wildman–Crippen LogP) is 5.02. The molecular formula is C22H20F3N3O3S. The van der Waals surface area contributed by atoms with Crippen LogP contribution in [0, 0.1) is 6.92 Å². The molecule has 0 saturated heterocycles. The fourth-order valence-electron chi connectivity index (χ4n) is 2.86. The second-order valence-electron chi connectivity index (χ2n) is 6.97. The molecule has 0 aromatic heterocycles. The van der Waals surface area contributed by atoms with Crippen molar-refractivity contribution in [2.45, 2.75) is 18.0 Å². The van der Waals surface area contributed by atoms with Gasteiger partial charge in [-0.1, -0.05) is 30.3 Å². The van der Waals surface area contributed by atoms with Gasteiger partial charge in [0.25, 0.3) is 15.9 Å². The summed E-state index contributed by atoms with van der Waals surface area (Å²) in [7, 11) is -3.96. The van der Waals surface area contributed by atoms with E-state index in [-0.39, 0.29) is 21.8 Å². The molecule has 1 amide bonds. The molecule has 0 bridgehead atoms. The lowest BCUT2D eigenvalue weighted by Gasteiger charge is -2.15. The molecule has 0 aliphatic rings. The number of rotatable bonds is 7. The third kappa shape index (κ3) is 6.24. The van der Waals surface area contributed by atoms with Crippen LogP contribution in [0.2, 0.25) is 0 Å². The molecule has 3 aromatic rings. The molecule has 3 N–H and O–H groups in total. The largest absolute Gasteiger partial charge is 0.405 e. The van der Waals surface area contributed by atoms with Crippen molar-refractivity contribution in [1.82, 2.24) is 0 Å². The minimum atomic E-state index is -4.43. The number of amides is 1. The van der Waals surface area contributed by atoms with Crippen LogP contribution in [0.1, 0.15) is 15.9 Å². The van der Waals surface area contributed by atoms with E-state index in [1.54, 1.807) is 24.3 Å². The summed E-state index contributed by atoms with van der Waals surface area (Å²) in [6.07, 6.45) is -4.43. The number of carbonyl (C=O) groups is 1. The minimum absolute atomic E-state index is 0.0303. The zero-order chi connectivity index (χ0) is 23.4. The lowest BCUT2D eigenvalue weighted by molar-refractivity contribution is -0.115. The van der Waals surface area contributed by atoms with E-state index in [9.17, 15) is 26.4 Å². The Labute approximate surface area is 183 Å². The molecule has 10 heteroatoms. The predicted molar refractivity (Wildman–Crippen MR) is 117 cm³/mol. The number of halogens is 3. The maximum Gasteiger partial charge on any atom is 0.405 e.